The minimum absolute atomic E-state index is 0.105. The van der Waals surface area contributed by atoms with Gasteiger partial charge in [0.2, 0.25) is 0 Å². The van der Waals surface area contributed by atoms with Crippen molar-refractivity contribution < 1.29 is 14.4 Å². The molecule has 0 atom stereocenters. The molecule has 0 aliphatic heterocycles. The third kappa shape index (κ3) is 2.35. The first kappa shape index (κ1) is 15.1. The van der Waals surface area contributed by atoms with Gasteiger partial charge in [0, 0.05) is 0 Å². The number of hydrogen-bond donors (Lipinski definition) is 2. The van der Waals surface area contributed by atoms with E-state index >= 15 is 0 Å². The van der Waals surface area contributed by atoms with Crippen LogP contribution >= 0.6 is 7.60 Å². The molecule has 0 saturated heterocycles. The summed E-state index contributed by atoms with van der Waals surface area (Å²) < 4.78 is 12.2. The van der Waals surface area contributed by atoms with Gasteiger partial charge in [-0.25, -0.2) is 0 Å². The summed E-state index contributed by atoms with van der Waals surface area (Å²) in [6.07, 6.45) is 0. The van der Waals surface area contributed by atoms with Crippen molar-refractivity contribution in [2.24, 2.45) is 0 Å². The van der Waals surface area contributed by atoms with Crippen molar-refractivity contribution in [3.8, 4) is 11.1 Å². The molecule has 0 amide bonds. The Morgan fingerprint density at radius 1 is 0.583 bits per heavy atom. The van der Waals surface area contributed by atoms with Crippen molar-refractivity contribution in [3.63, 3.8) is 0 Å². The first-order valence-electron chi connectivity index (χ1n) is 7.62. The van der Waals surface area contributed by atoms with Crippen molar-refractivity contribution >= 4 is 34.4 Å². The first-order valence-corrected chi connectivity index (χ1v) is 9.23. The minimum Gasteiger partial charge on any atom is -0.321 e. The molecule has 3 nitrogen and oxygen atoms in total. The number of rotatable bonds is 2. The fraction of sp³-hybridized carbons (Fsp3) is 0. The summed E-state index contributed by atoms with van der Waals surface area (Å²) in [5, 5.41) is 3.00. The molecule has 0 saturated carbocycles. The van der Waals surface area contributed by atoms with Crippen LogP contribution in [0.15, 0.2) is 78.9 Å². The lowest BCUT2D eigenvalue weighted by molar-refractivity contribution is 0.388. The van der Waals surface area contributed by atoms with Gasteiger partial charge in [0.25, 0.3) is 0 Å². The summed E-state index contributed by atoms with van der Waals surface area (Å²) in [6.45, 7) is 0. The Kier molecular flexibility index (Phi) is 3.50. The van der Waals surface area contributed by atoms with Gasteiger partial charge >= 0.3 is 7.60 Å². The van der Waals surface area contributed by atoms with E-state index < -0.39 is 7.60 Å². The Hall–Kier alpha value is -2.45. The van der Waals surface area contributed by atoms with Gasteiger partial charge in [-0.05, 0) is 32.7 Å². The second kappa shape index (κ2) is 5.57. The number of hydrogen-bond acceptors (Lipinski definition) is 1. The van der Waals surface area contributed by atoms with Crippen molar-refractivity contribution in [1.82, 2.24) is 0 Å². The first-order chi connectivity index (χ1) is 11.6. The van der Waals surface area contributed by atoms with E-state index in [-0.39, 0.29) is 5.30 Å². The summed E-state index contributed by atoms with van der Waals surface area (Å²) in [4.78, 5) is 19.9. The van der Waals surface area contributed by atoms with Crippen LogP contribution in [0.25, 0.3) is 32.7 Å². The van der Waals surface area contributed by atoms with Crippen LogP contribution in [-0.2, 0) is 4.57 Å². The molecular weight excluding hydrogens is 319 g/mol. The van der Waals surface area contributed by atoms with Crippen molar-refractivity contribution in [2.75, 3.05) is 0 Å². The molecule has 0 heterocycles. The molecular formula is C20H15O3P. The molecule has 4 aromatic carbocycles. The fourth-order valence-corrected chi connectivity index (χ4v) is 4.35. The van der Waals surface area contributed by atoms with Crippen LogP contribution in [0.3, 0.4) is 0 Å². The van der Waals surface area contributed by atoms with E-state index in [1.807, 2.05) is 66.7 Å². The molecule has 0 bridgehead atoms. The highest BCUT2D eigenvalue weighted by Crippen LogP contribution is 2.44. The molecule has 0 aromatic heterocycles. The fourth-order valence-electron chi connectivity index (χ4n) is 3.34. The zero-order valence-corrected chi connectivity index (χ0v) is 13.6. The van der Waals surface area contributed by atoms with E-state index in [1.54, 1.807) is 12.1 Å². The summed E-state index contributed by atoms with van der Waals surface area (Å²) in [7, 11) is -4.42. The van der Waals surface area contributed by atoms with Crippen LogP contribution < -0.4 is 5.30 Å². The molecule has 4 heteroatoms. The van der Waals surface area contributed by atoms with Gasteiger partial charge in [-0.1, -0.05) is 78.9 Å². The smallest absolute Gasteiger partial charge is 0.321 e. The number of benzene rings is 4. The zero-order valence-electron chi connectivity index (χ0n) is 12.8. The maximum atomic E-state index is 12.2. The van der Waals surface area contributed by atoms with Gasteiger partial charge in [0.1, 0.15) is 0 Å². The predicted molar refractivity (Wildman–Crippen MR) is 98.6 cm³/mol. The van der Waals surface area contributed by atoms with Crippen molar-refractivity contribution in [1.29, 1.82) is 0 Å². The standard InChI is InChI=1S/C20H15O3P/c21-24(22,23)20-17-12-6-4-10-15(17)19(14-8-2-1-3-9-14)16-11-5-7-13-18(16)20/h1-13H,(H2,21,22,23). The summed E-state index contributed by atoms with van der Waals surface area (Å²) >= 11 is 0. The Balaban J connectivity index is 2.31. The number of fused-ring (bicyclic) bond motifs is 2. The van der Waals surface area contributed by atoms with Crippen LogP contribution in [0.1, 0.15) is 0 Å². The van der Waals surface area contributed by atoms with E-state index in [2.05, 4.69) is 0 Å². The highest BCUT2D eigenvalue weighted by molar-refractivity contribution is 7.61. The molecule has 0 aliphatic carbocycles. The van der Waals surface area contributed by atoms with Gasteiger partial charge in [0.15, 0.2) is 0 Å². The summed E-state index contributed by atoms with van der Waals surface area (Å²) in [5.74, 6) is 0. The lowest BCUT2D eigenvalue weighted by atomic mass is 9.92. The Labute approximate surface area is 139 Å². The molecule has 2 N–H and O–H groups in total. The molecule has 4 aromatic rings. The van der Waals surface area contributed by atoms with Gasteiger partial charge in [-0.15, -0.1) is 0 Å². The summed E-state index contributed by atoms with van der Waals surface area (Å²) in [5.41, 5.74) is 2.03. The molecule has 0 unspecified atom stereocenters. The highest BCUT2D eigenvalue weighted by Gasteiger charge is 2.25. The maximum absolute atomic E-state index is 12.2. The van der Waals surface area contributed by atoms with Crippen LogP contribution in [0.4, 0.5) is 0 Å². The molecule has 24 heavy (non-hydrogen) atoms. The second-order valence-corrected chi connectivity index (χ2v) is 7.26. The molecule has 4 rings (SSSR count). The molecule has 0 aliphatic rings. The van der Waals surface area contributed by atoms with Crippen LogP contribution in [0.5, 0.6) is 0 Å². The Morgan fingerprint density at radius 2 is 1.00 bits per heavy atom. The Bertz CT molecular complexity index is 1040. The predicted octanol–water partition coefficient (Wildman–Crippen LogP) is 4.46. The lowest BCUT2D eigenvalue weighted by Crippen LogP contribution is -2.08. The monoisotopic (exact) mass is 334 g/mol. The van der Waals surface area contributed by atoms with Crippen LogP contribution in [-0.4, -0.2) is 9.79 Å². The minimum atomic E-state index is -4.42. The third-order valence-electron chi connectivity index (χ3n) is 4.26. The van der Waals surface area contributed by atoms with E-state index in [0.29, 0.717) is 10.8 Å². The third-order valence-corrected chi connectivity index (χ3v) is 5.32. The Morgan fingerprint density at radius 3 is 1.46 bits per heavy atom. The largest absolute Gasteiger partial charge is 0.357 e. The van der Waals surface area contributed by atoms with E-state index in [4.69, 9.17) is 0 Å². The van der Waals surface area contributed by atoms with Gasteiger partial charge < -0.3 is 9.79 Å². The SMILES string of the molecule is O=P(O)(O)c1c2ccccc2c(-c2ccccc2)c2ccccc12. The quantitative estimate of drug-likeness (QED) is 0.420. The summed E-state index contributed by atoms with van der Waals surface area (Å²) in [6, 6.07) is 24.7. The average molecular weight is 334 g/mol. The lowest BCUT2D eigenvalue weighted by Gasteiger charge is -2.17. The van der Waals surface area contributed by atoms with E-state index in [1.165, 1.54) is 0 Å². The topological polar surface area (TPSA) is 57.5 Å². The molecule has 0 radical (unpaired) electrons. The van der Waals surface area contributed by atoms with Crippen molar-refractivity contribution in [3.05, 3.63) is 78.9 Å². The van der Waals surface area contributed by atoms with Crippen LogP contribution in [0, 0.1) is 0 Å². The highest BCUT2D eigenvalue weighted by atomic mass is 31.2. The maximum Gasteiger partial charge on any atom is 0.357 e. The van der Waals surface area contributed by atoms with E-state index in [9.17, 15) is 14.4 Å². The van der Waals surface area contributed by atoms with Crippen LogP contribution in [0.2, 0.25) is 0 Å². The molecule has 0 spiro atoms. The molecule has 0 fully saturated rings. The second-order valence-electron chi connectivity index (χ2n) is 5.72. The van der Waals surface area contributed by atoms with Gasteiger partial charge in [-0.2, -0.15) is 0 Å². The van der Waals surface area contributed by atoms with Gasteiger partial charge in [0.05, 0.1) is 5.30 Å². The molecule has 118 valence electrons. The zero-order chi connectivity index (χ0) is 16.7. The van der Waals surface area contributed by atoms with Crippen molar-refractivity contribution in [2.45, 2.75) is 0 Å². The average Bonchev–Trinajstić information content (AvgIpc) is 2.59. The van der Waals surface area contributed by atoms with Gasteiger partial charge in [-0.3, -0.25) is 4.57 Å². The normalized spacial score (nSPS) is 11.9. The van der Waals surface area contributed by atoms with E-state index in [0.717, 1.165) is 21.9 Å².